The molecular weight excluding hydrogens is 416 g/mol. The minimum atomic E-state index is -0.470. The van der Waals surface area contributed by atoms with Gasteiger partial charge in [0.25, 0.3) is 5.91 Å². The van der Waals surface area contributed by atoms with Crippen LogP contribution >= 0.6 is 0 Å². The van der Waals surface area contributed by atoms with E-state index in [0.29, 0.717) is 12.1 Å². The number of aromatic amines is 1. The van der Waals surface area contributed by atoms with Crippen molar-refractivity contribution in [2.75, 3.05) is 7.11 Å². The van der Waals surface area contributed by atoms with Gasteiger partial charge >= 0.3 is 0 Å². The van der Waals surface area contributed by atoms with Crippen molar-refractivity contribution in [3.63, 3.8) is 0 Å². The lowest BCUT2D eigenvalue weighted by Gasteiger charge is -2.10. The van der Waals surface area contributed by atoms with Crippen molar-refractivity contribution >= 4 is 22.7 Å². The van der Waals surface area contributed by atoms with Gasteiger partial charge in [0, 0.05) is 35.5 Å². The smallest absolute Gasteiger partial charge is 0.250 e. The van der Waals surface area contributed by atoms with Gasteiger partial charge in [-0.05, 0) is 41.0 Å². The van der Waals surface area contributed by atoms with Crippen molar-refractivity contribution in [3.8, 4) is 28.1 Å². The zero-order chi connectivity index (χ0) is 23.4. The van der Waals surface area contributed by atoms with E-state index in [9.17, 15) is 9.59 Å². The molecule has 33 heavy (non-hydrogen) atoms. The fourth-order valence-electron chi connectivity index (χ4n) is 3.72. The third-order valence-corrected chi connectivity index (χ3v) is 5.43. The molecule has 3 aromatic carbocycles. The van der Waals surface area contributed by atoms with Crippen molar-refractivity contribution in [3.05, 3.63) is 90.1 Å². The first-order chi connectivity index (χ1) is 16.0. The van der Waals surface area contributed by atoms with Gasteiger partial charge in [-0.2, -0.15) is 0 Å². The van der Waals surface area contributed by atoms with Crippen molar-refractivity contribution < 1.29 is 14.3 Å². The van der Waals surface area contributed by atoms with Crippen LogP contribution in [0.3, 0.4) is 0 Å². The van der Waals surface area contributed by atoms with E-state index >= 15 is 0 Å². The minimum Gasteiger partial charge on any atom is -0.497 e. The number of carbonyl (C=O) groups is 2. The first-order valence-corrected chi connectivity index (χ1v) is 10.4. The predicted molar refractivity (Wildman–Crippen MR) is 129 cm³/mol. The van der Waals surface area contributed by atoms with E-state index in [4.69, 9.17) is 16.2 Å². The number of amides is 2. The quantitative estimate of drug-likeness (QED) is 0.378. The Morgan fingerprint density at radius 3 is 2.39 bits per heavy atom. The van der Waals surface area contributed by atoms with Gasteiger partial charge in [-0.25, -0.2) is 0 Å². The van der Waals surface area contributed by atoms with E-state index in [1.54, 1.807) is 19.4 Å². The monoisotopic (exact) mass is 440 g/mol. The molecule has 1 aliphatic rings. The summed E-state index contributed by atoms with van der Waals surface area (Å²) < 4.78 is 5.33. The molecule has 7 heteroatoms. The Morgan fingerprint density at radius 2 is 1.76 bits per heavy atom. The summed E-state index contributed by atoms with van der Waals surface area (Å²) in [6, 6.07) is 21.5. The maximum Gasteiger partial charge on any atom is 0.250 e. The number of methoxy groups -OCH3 is 1. The summed E-state index contributed by atoms with van der Waals surface area (Å²) in [5.74, 6) is 0.299. The van der Waals surface area contributed by atoms with Gasteiger partial charge in [0.1, 0.15) is 5.75 Å². The number of ether oxygens (including phenoxy) is 1. The van der Waals surface area contributed by atoms with Crippen LogP contribution in [0.4, 0.5) is 0 Å². The number of H-pyrrole nitrogens is 1. The van der Waals surface area contributed by atoms with Crippen LogP contribution in [0.15, 0.2) is 79.0 Å². The highest BCUT2D eigenvalue weighted by molar-refractivity contribution is 6.10. The number of aromatic nitrogens is 1. The second-order valence-corrected chi connectivity index (χ2v) is 7.43. The molecule has 0 saturated heterocycles. The highest BCUT2D eigenvalue weighted by atomic mass is 16.5. The van der Waals surface area contributed by atoms with E-state index in [0.717, 1.165) is 44.6 Å². The molecule has 2 heterocycles. The molecule has 5 rings (SSSR count). The molecule has 7 nitrogen and oxygen atoms in total. The molecule has 0 atom stereocenters. The molecule has 2 amide bonds. The lowest BCUT2D eigenvalue weighted by Crippen LogP contribution is -2.22. The molecule has 0 bridgehead atoms. The molecule has 1 aromatic heterocycles. The van der Waals surface area contributed by atoms with Crippen LogP contribution in [-0.4, -0.2) is 23.9 Å². The third kappa shape index (κ3) is 4.49. The van der Waals surface area contributed by atoms with Crippen LogP contribution < -0.4 is 21.5 Å². The van der Waals surface area contributed by atoms with E-state index in [2.05, 4.69) is 10.3 Å². The zero-order valence-electron chi connectivity index (χ0n) is 18.1. The summed E-state index contributed by atoms with van der Waals surface area (Å²) in [5, 5.41) is 3.31. The maximum atomic E-state index is 12.0. The van der Waals surface area contributed by atoms with Crippen LogP contribution in [0, 0.1) is 0 Å². The summed E-state index contributed by atoms with van der Waals surface area (Å²) >= 11 is 0. The lowest BCUT2D eigenvalue weighted by molar-refractivity contribution is -0.117. The average Bonchev–Trinajstić information content (AvgIpc) is 3.28. The van der Waals surface area contributed by atoms with E-state index in [-0.39, 0.29) is 5.91 Å². The summed E-state index contributed by atoms with van der Waals surface area (Å²) in [5.41, 5.74) is 17.7. The van der Waals surface area contributed by atoms with Gasteiger partial charge in [0.2, 0.25) is 5.91 Å². The number of fused-ring (bicyclic) bond motifs is 1. The minimum absolute atomic E-state index is 0.00463. The van der Waals surface area contributed by atoms with Crippen LogP contribution in [0.1, 0.15) is 15.9 Å². The number of hydrogen-bond acceptors (Lipinski definition) is 4. The maximum absolute atomic E-state index is 12.0. The fourth-order valence-corrected chi connectivity index (χ4v) is 3.72. The molecule has 4 aromatic rings. The van der Waals surface area contributed by atoms with E-state index in [1.165, 1.54) is 6.08 Å². The van der Waals surface area contributed by atoms with Gasteiger partial charge in [0.15, 0.2) is 0 Å². The molecule has 0 fully saturated rings. The molecule has 0 radical (unpaired) electrons. The molecule has 0 aliphatic carbocycles. The normalized spacial score (nSPS) is 11.9. The number of rotatable bonds is 5. The standard InChI is InChI=1S/C23H21N3O2.C3H3NO/c1-28-16-7-4-6-14(11-16)21-12-20-18(17-8-3-2-5-15(17)13-24)9-10-19(23(25)27)22(20)26-21;5-3-1-2-4-3/h2-12,26H,13,24H2,1H3,(H2,25,27);1-2H,(H,4,5). The predicted octanol–water partition coefficient (Wildman–Crippen LogP) is 3.70. The van der Waals surface area contributed by atoms with Gasteiger partial charge < -0.3 is 26.5 Å². The van der Waals surface area contributed by atoms with Crippen LogP contribution in [0.25, 0.3) is 33.3 Å². The Labute approximate surface area is 191 Å². The SMILES string of the molecule is COc1cccc(-c2cc3c(-c4ccccc4CN)ccc(C(N)=O)c3[nH]2)c1.O=C1C=CN1. The van der Waals surface area contributed by atoms with E-state index in [1.807, 2.05) is 60.7 Å². The van der Waals surface area contributed by atoms with Gasteiger partial charge in [-0.1, -0.05) is 42.5 Å². The van der Waals surface area contributed by atoms with Crippen molar-refractivity contribution in [1.82, 2.24) is 10.3 Å². The van der Waals surface area contributed by atoms with Crippen LogP contribution in [-0.2, 0) is 11.3 Å². The molecular formula is C26H24N4O3. The van der Waals surface area contributed by atoms with Gasteiger partial charge in [0.05, 0.1) is 18.2 Å². The lowest BCUT2D eigenvalue weighted by atomic mass is 9.95. The third-order valence-electron chi connectivity index (χ3n) is 5.43. The number of primary amides is 1. The second-order valence-electron chi connectivity index (χ2n) is 7.43. The number of nitrogens with two attached hydrogens (primary N) is 2. The number of nitrogens with one attached hydrogen (secondary N) is 2. The average molecular weight is 441 g/mol. The number of benzene rings is 3. The van der Waals surface area contributed by atoms with Crippen LogP contribution in [0.2, 0.25) is 0 Å². The molecule has 0 saturated carbocycles. The van der Waals surface area contributed by atoms with E-state index < -0.39 is 5.91 Å². The Morgan fingerprint density at radius 1 is 1.00 bits per heavy atom. The number of hydrogen-bond donors (Lipinski definition) is 4. The second kappa shape index (κ2) is 9.42. The zero-order valence-corrected chi connectivity index (χ0v) is 18.1. The van der Waals surface area contributed by atoms with Gasteiger partial charge in [-0.15, -0.1) is 0 Å². The molecule has 166 valence electrons. The topological polar surface area (TPSA) is 123 Å². The highest BCUT2D eigenvalue weighted by Gasteiger charge is 2.16. The summed E-state index contributed by atoms with van der Waals surface area (Å²) in [4.78, 5) is 25.1. The Hall–Kier alpha value is -4.36. The van der Waals surface area contributed by atoms with Gasteiger partial charge in [-0.3, -0.25) is 9.59 Å². The van der Waals surface area contributed by atoms with Crippen molar-refractivity contribution in [2.24, 2.45) is 11.5 Å². The molecule has 0 unspecified atom stereocenters. The molecule has 0 spiro atoms. The number of carbonyl (C=O) groups excluding carboxylic acids is 2. The molecule has 6 N–H and O–H groups in total. The Balaban J connectivity index is 0.000000459. The summed E-state index contributed by atoms with van der Waals surface area (Å²) in [6.07, 6.45) is 3.07. The van der Waals surface area contributed by atoms with Crippen molar-refractivity contribution in [1.29, 1.82) is 0 Å². The highest BCUT2D eigenvalue weighted by Crippen LogP contribution is 2.36. The Bertz CT molecular complexity index is 1370. The Kier molecular flexibility index (Phi) is 6.24. The fraction of sp³-hybridized carbons (Fsp3) is 0.0769. The first kappa shape index (κ1) is 21.9. The van der Waals surface area contributed by atoms with Crippen LogP contribution in [0.5, 0.6) is 5.75 Å². The summed E-state index contributed by atoms with van der Waals surface area (Å²) in [6.45, 7) is 0.433. The van der Waals surface area contributed by atoms with Crippen molar-refractivity contribution in [2.45, 2.75) is 6.54 Å². The molecule has 1 aliphatic heterocycles. The summed E-state index contributed by atoms with van der Waals surface area (Å²) in [7, 11) is 1.64. The largest absolute Gasteiger partial charge is 0.497 e. The first-order valence-electron chi connectivity index (χ1n) is 10.4.